The molecule has 0 aliphatic rings. The Morgan fingerprint density at radius 2 is 1.77 bits per heavy atom. The lowest BCUT2D eigenvalue weighted by Crippen LogP contribution is -2.01. The smallest absolute Gasteiger partial charge is 0.493 e. The number of benzene rings is 2. The number of nitrogens with one attached hydrogen (secondary N) is 1. The molecule has 0 aliphatic heterocycles. The second-order valence-electron chi connectivity index (χ2n) is 5.41. The third-order valence-corrected chi connectivity index (χ3v) is 4.20. The van der Waals surface area contributed by atoms with E-state index < -0.39 is 8.25 Å². The van der Waals surface area contributed by atoms with E-state index in [1.807, 2.05) is 30.3 Å². The summed E-state index contributed by atoms with van der Waals surface area (Å²) >= 11 is 0. The summed E-state index contributed by atoms with van der Waals surface area (Å²) < 4.78 is 26.1. The van der Waals surface area contributed by atoms with Crippen LogP contribution in [0.2, 0.25) is 0 Å². The van der Waals surface area contributed by atoms with Crippen molar-refractivity contribution in [3.05, 3.63) is 54.2 Å². The van der Waals surface area contributed by atoms with E-state index in [-0.39, 0.29) is 0 Å². The van der Waals surface area contributed by atoms with E-state index in [4.69, 9.17) is 18.9 Å². The van der Waals surface area contributed by atoms with Crippen molar-refractivity contribution in [3.63, 3.8) is 0 Å². The van der Waals surface area contributed by atoms with E-state index in [1.54, 1.807) is 32.5 Å². The van der Waals surface area contributed by atoms with Gasteiger partial charge in [0.05, 0.1) is 19.7 Å². The van der Waals surface area contributed by atoms with Gasteiger partial charge in [0.15, 0.2) is 17.2 Å². The molecule has 1 atom stereocenters. The lowest BCUT2D eigenvalue weighted by Gasteiger charge is -2.13. The predicted molar refractivity (Wildman–Crippen MR) is 99.1 cm³/mol. The summed E-state index contributed by atoms with van der Waals surface area (Å²) in [6, 6.07) is 12.6. The summed E-state index contributed by atoms with van der Waals surface area (Å²) in [4.78, 5) is 13.1. The molecule has 0 amide bonds. The molecule has 134 valence electrons. The first-order valence-corrected chi connectivity index (χ1v) is 8.91. The molecule has 3 aromatic rings. The summed E-state index contributed by atoms with van der Waals surface area (Å²) in [6.07, 6.45) is 1.73. The second kappa shape index (κ2) is 7.99. The van der Waals surface area contributed by atoms with Crippen molar-refractivity contribution in [2.45, 2.75) is 6.54 Å². The van der Waals surface area contributed by atoms with E-state index in [2.05, 4.69) is 10.3 Å². The Bertz CT molecular complexity index is 931. The van der Waals surface area contributed by atoms with Crippen LogP contribution >= 0.6 is 8.25 Å². The number of anilines is 1. The maximum atomic E-state index is 10.7. The van der Waals surface area contributed by atoms with Crippen molar-refractivity contribution in [3.8, 4) is 17.2 Å². The fourth-order valence-electron chi connectivity index (χ4n) is 2.58. The molecule has 8 heteroatoms. The first kappa shape index (κ1) is 17.9. The van der Waals surface area contributed by atoms with Gasteiger partial charge in [-0.25, -0.2) is 4.52 Å². The summed E-state index contributed by atoms with van der Waals surface area (Å²) in [5, 5.41) is 4.29. The fraction of sp³-hybridized carbons (Fsp3) is 0.167. The number of fused-ring (bicyclic) bond motifs is 1. The van der Waals surface area contributed by atoms with Crippen LogP contribution in [0.4, 0.5) is 5.69 Å². The molecule has 1 aromatic heterocycles. The van der Waals surface area contributed by atoms with Crippen LogP contribution in [0.3, 0.4) is 0 Å². The Morgan fingerprint density at radius 1 is 1.08 bits per heavy atom. The Morgan fingerprint density at radius 3 is 2.42 bits per heavy atom. The van der Waals surface area contributed by atoms with Gasteiger partial charge < -0.3 is 14.8 Å². The molecule has 0 radical (unpaired) electrons. The maximum absolute atomic E-state index is 10.7. The molecule has 1 heterocycles. The van der Waals surface area contributed by atoms with E-state index in [0.717, 1.165) is 22.2 Å². The van der Waals surface area contributed by atoms with E-state index in [0.29, 0.717) is 23.8 Å². The Kier molecular flexibility index (Phi) is 5.51. The highest BCUT2D eigenvalue weighted by molar-refractivity contribution is 7.32. The molecule has 0 saturated carbocycles. The largest absolute Gasteiger partial charge is 0.747 e. The number of hydrogen-bond acceptors (Lipinski definition) is 6. The third kappa shape index (κ3) is 4.02. The standard InChI is InChI=1S/C18H17N2O5P/c1-23-17-9-14-15(7-8-19-16(14)10-18(17)24-2)20-11-12-3-5-13(6-4-12)25-26(21)22/h3-10H,11H2,1-2H3,(H-,19,20,21,22)/p+1. The number of ether oxygens (including phenoxy) is 2. The van der Waals surface area contributed by atoms with Crippen LogP contribution in [-0.2, 0) is 11.1 Å². The lowest BCUT2D eigenvalue weighted by atomic mass is 10.1. The van der Waals surface area contributed by atoms with Gasteiger partial charge in [-0.15, -0.1) is 4.89 Å². The minimum atomic E-state index is -2.65. The number of hydrogen-bond donors (Lipinski definition) is 2. The number of pyridine rings is 1. The highest BCUT2D eigenvalue weighted by Crippen LogP contribution is 2.34. The molecule has 0 spiro atoms. The van der Waals surface area contributed by atoms with Crippen LogP contribution in [0.5, 0.6) is 17.2 Å². The van der Waals surface area contributed by atoms with Gasteiger partial charge in [-0.1, -0.05) is 12.1 Å². The highest BCUT2D eigenvalue weighted by Gasteiger charge is 2.13. The number of nitrogens with zero attached hydrogens (tertiary/aromatic N) is 1. The number of aromatic nitrogens is 1. The molecule has 2 aromatic carbocycles. The summed E-state index contributed by atoms with van der Waals surface area (Å²) in [5.74, 6) is 1.61. The first-order chi connectivity index (χ1) is 12.6. The van der Waals surface area contributed by atoms with Gasteiger partial charge in [0.25, 0.3) is 0 Å². The van der Waals surface area contributed by atoms with Crippen molar-refractivity contribution in [2.75, 3.05) is 19.5 Å². The second-order valence-corrected chi connectivity index (χ2v) is 6.07. The highest BCUT2D eigenvalue weighted by atomic mass is 31.1. The van der Waals surface area contributed by atoms with Crippen LogP contribution < -0.4 is 19.3 Å². The first-order valence-electron chi connectivity index (χ1n) is 7.78. The van der Waals surface area contributed by atoms with E-state index in [9.17, 15) is 4.57 Å². The van der Waals surface area contributed by atoms with Crippen molar-refractivity contribution < 1.29 is 23.5 Å². The Labute approximate surface area is 151 Å². The van der Waals surface area contributed by atoms with Crippen molar-refractivity contribution >= 4 is 24.8 Å². The molecule has 0 aliphatic carbocycles. The summed E-state index contributed by atoms with van der Waals surface area (Å²) in [6.45, 7) is 0.568. The number of rotatable bonds is 7. The molecule has 0 fully saturated rings. The molecule has 0 saturated heterocycles. The molecular formula is C18H18N2O5P+. The zero-order chi connectivity index (χ0) is 18.5. The molecule has 2 N–H and O–H groups in total. The zero-order valence-corrected chi connectivity index (χ0v) is 15.2. The minimum absolute atomic E-state index is 0.351. The topological polar surface area (TPSA) is 89.9 Å². The molecule has 3 rings (SSSR count). The van der Waals surface area contributed by atoms with Gasteiger partial charge in [-0.05, 0) is 29.8 Å². The van der Waals surface area contributed by atoms with Crippen LogP contribution in [0, 0.1) is 0 Å². The van der Waals surface area contributed by atoms with Gasteiger partial charge in [-0.3, -0.25) is 4.98 Å². The molecular weight excluding hydrogens is 355 g/mol. The van der Waals surface area contributed by atoms with Crippen molar-refractivity contribution in [1.82, 2.24) is 4.98 Å². The predicted octanol–water partition coefficient (Wildman–Crippen LogP) is 3.89. The number of methoxy groups -OCH3 is 2. The molecule has 7 nitrogen and oxygen atoms in total. The van der Waals surface area contributed by atoms with Crippen LogP contribution in [-0.4, -0.2) is 24.1 Å². The van der Waals surface area contributed by atoms with Gasteiger partial charge >= 0.3 is 8.25 Å². The van der Waals surface area contributed by atoms with Crippen molar-refractivity contribution in [2.24, 2.45) is 0 Å². The molecule has 0 bridgehead atoms. The van der Waals surface area contributed by atoms with Gasteiger partial charge in [0.2, 0.25) is 0 Å². The maximum Gasteiger partial charge on any atom is 0.747 e. The quantitative estimate of drug-likeness (QED) is 0.607. The van der Waals surface area contributed by atoms with E-state index in [1.165, 1.54) is 0 Å². The monoisotopic (exact) mass is 373 g/mol. The van der Waals surface area contributed by atoms with E-state index >= 15 is 0 Å². The third-order valence-electron chi connectivity index (χ3n) is 3.84. The fourth-order valence-corrected chi connectivity index (χ4v) is 2.88. The van der Waals surface area contributed by atoms with Crippen LogP contribution in [0.15, 0.2) is 48.7 Å². The van der Waals surface area contributed by atoms with Crippen LogP contribution in [0.1, 0.15) is 5.56 Å². The molecule has 26 heavy (non-hydrogen) atoms. The zero-order valence-electron chi connectivity index (χ0n) is 14.3. The lowest BCUT2D eigenvalue weighted by molar-refractivity contribution is 0.356. The SMILES string of the molecule is COc1cc2nccc(NCc3ccc(O[P+](=O)O)cc3)c2cc1OC. The van der Waals surface area contributed by atoms with Crippen molar-refractivity contribution in [1.29, 1.82) is 0 Å². The minimum Gasteiger partial charge on any atom is -0.493 e. The average Bonchev–Trinajstić information content (AvgIpc) is 2.65. The molecule has 1 unspecified atom stereocenters. The van der Waals surface area contributed by atoms with Gasteiger partial charge in [0.1, 0.15) is 0 Å². The van der Waals surface area contributed by atoms with Crippen LogP contribution in [0.25, 0.3) is 10.9 Å². The Balaban J connectivity index is 1.81. The summed E-state index contributed by atoms with van der Waals surface area (Å²) in [5.41, 5.74) is 2.70. The Hall–Kier alpha value is -2.89. The van der Waals surface area contributed by atoms with Gasteiger partial charge in [-0.2, -0.15) is 0 Å². The van der Waals surface area contributed by atoms with Gasteiger partial charge in [0, 0.05) is 34.4 Å². The normalized spacial score (nSPS) is 11.1. The average molecular weight is 373 g/mol. The summed E-state index contributed by atoms with van der Waals surface area (Å²) in [7, 11) is 0.529.